The predicted octanol–water partition coefficient (Wildman–Crippen LogP) is 3.80. The summed E-state index contributed by atoms with van der Waals surface area (Å²) >= 11 is 0. The molecule has 1 aliphatic heterocycles. The molecule has 0 unspecified atom stereocenters. The molecule has 0 atom stereocenters. The van der Waals surface area contributed by atoms with Gasteiger partial charge in [-0.1, -0.05) is 18.6 Å². The number of aryl methyl sites for hydroxylation is 1. The highest BCUT2D eigenvalue weighted by Crippen LogP contribution is 2.30. The van der Waals surface area contributed by atoms with Gasteiger partial charge in [0.1, 0.15) is 0 Å². The maximum absolute atomic E-state index is 13.1. The van der Waals surface area contributed by atoms with Crippen LogP contribution in [0.15, 0.2) is 41.3 Å². The van der Waals surface area contributed by atoms with Gasteiger partial charge in [0.05, 0.1) is 16.3 Å². The maximum atomic E-state index is 13.1. The largest absolute Gasteiger partial charge is 0.376 e. The summed E-state index contributed by atoms with van der Waals surface area (Å²) in [5.41, 5.74) is 3.76. The molecule has 29 heavy (non-hydrogen) atoms. The lowest BCUT2D eigenvalue weighted by Crippen LogP contribution is -2.35. The Bertz CT molecular complexity index is 1010. The lowest BCUT2D eigenvalue weighted by molar-refractivity contribution is 0.102. The minimum Gasteiger partial charge on any atom is -0.376 e. The van der Waals surface area contributed by atoms with Crippen LogP contribution in [0.2, 0.25) is 0 Å². The van der Waals surface area contributed by atoms with E-state index in [1.807, 2.05) is 45.0 Å². The fourth-order valence-corrected chi connectivity index (χ4v) is 5.15. The molecule has 0 radical (unpaired) electrons. The molecular weight excluding hydrogens is 386 g/mol. The second kappa shape index (κ2) is 8.55. The van der Waals surface area contributed by atoms with Gasteiger partial charge in [0.15, 0.2) is 0 Å². The van der Waals surface area contributed by atoms with Gasteiger partial charge in [-0.15, -0.1) is 0 Å². The van der Waals surface area contributed by atoms with E-state index in [2.05, 4.69) is 5.32 Å². The number of piperidine rings is 1. The van der Waals surface area contributed by atoms with E-state index in [0.717, 1.165) is 36.1 Å². The topological polar surface area (TPSA) is 69.7 Å². The Labute approximate surface area is 173 Å². The van der Waals surface area contributed by atoms with Gasteiger partial charge in [-0.05, 0) is 62.1 Å². The summed E-state index contributed by atoms with van der Waals surface area (Å²) in [5.74, 6) is -0.248. The molecule has 0 bridgehead atoms. The minimum absolute atomic E-state index is 0.210. The van der Waals surface area contributed by atoms with Crippen LogP contribution < -0.4 is 10.2 Å². The van der Waals surface area contributed by atoms with Crippen LogP contribution in [0.3, 0.4) is 0 Å². The van der Waals surface area contributed by atoms with Crippen molar-refractivity contribution >= 4 is 27.3 Å². The van der Waals surface area contributed by atoms with E-state index in [9.17, 15) is 13.2 Å². The standard InChI is InChI=1S/C22H29N3O3S/c1-16-9-8-10-19(17(16)2)22(26)23-20-15-18(11-12-21(20)24(3)4)29(27,28)25-13-6-5-7-14-25/h8-12,15H,5-7,13-14H2,1-4H3,(H,23,26). The average Bonchev–Trinajstić information content (AvgIpc) is 2.70. The summed E-state index contributed by atoms with van der Waals surface area (Å²) in [5, 5.41) is 2.93. The Morgan fingerprint density at radius 1 is 1.03 bits per heavy atom. The average molecular weight is 416 g/mol. The summed E-state index contributed by atoms with van der Waals surface area (Å²) in [6, 6.07) is 10.5. The molecule has 1 heterocycles. The number of anilines is 2. The van der Waals surface area contributed by atoms with Gasteiger partial charge < -0.3 is 10.2 Å². The Morgan fingerprint density at radius 2 is 1.72 bits per heavy atom. The molecule has 1 amide bonds. The van der Waals surface area contributed by atoms with Gasteiger partial charge in [0.25, 0.3) is 5.91 Å². The summed E-state index contributed by atoms with van der Waals surface area (Å²) in [4.78, 5) is 15.0. The lowest BCUT2D eigenvalue weighted by atomic mass is 10.0. The van der Waals surface area contributed by atoms with Crippen molar-refractivity contribution in [1.29, 1.82) is 0 Å². The number of nitrogens with one attached hydrogen (secondary N) is 1. The third kappa shape index (κ3) is 4.46. The van der Waals surface area contributed by atoms with Gasteiger partial charge in [0, 0.05) is 32.7 Å². The van der Waals surface area contributed by atoms with Crippen LogP contribution in [0.5, 0.6) is 0 Å². The summed E-state index contributed by atoms with van der Waals surface area (Å²) in [7, 11) is 0.147. The number of nitrogens with zero attached hydrogens (tertiary/aromatic N) is 2. The normalized spacial score (nSPS) is 15.2. The first kappa shape index (κ1) is 21.3. The number of hydrogen-bond donors (Lipinski definition) is 1. The monoisotopic (exact) mass is 415 g/mol. The third-order valence-electron chi connectivity index (χ3n) is 5.50. The molecule has 7 heteroatoms. The van der Waals surface area contributed by atoms with E-state index >= 15 is 0 Å². The zero-order valence-electron chi connectivity index (χ0n) is 17.5. The van der Waals surface area contributed by atoms with E-state index in [1.54, 1.807) is 24.3 Å². The molecule has 6 nitrogen and oxygen atoms in total. The van der Waals surface area contributed by atoms with Crippen molar-refractivity contribution in [3.05, 3.63) is 53.1 Å². The molecule has 0 aromatic heterocycles. The molecule has 2 aromatic rings. The Balaban J connectivity index is 1.97. The molecule has 1 aliphatic rings. The van der Waals surface area contributed by atoms with E-state index < -0.39 is 10.0 Å². The van der Waals surface area contributed by atoms with Gasteiger partial charge in [-0.25, -0.2) is 8.42 Å². The smallest absolute Gasteiger partial charge is 0.255 e. The van der Waals surface area contributed by atoms with Crippen molar-refractivity contribution in [2.24, 2.45) is 0 Å². The zero-order valence-corrected chi connectivity index (χ0v) is 18.3. The van der Waals surface area contributed by atoms with Gasteiger partial charge in [-0.3, -0.25) is 4.79 Å². The molecule has 3 rings (SSSR count). The van der Waals surface area contributed by atoms with Gasteiger partial charge in [-0.2, -0.15) is 4.31 Å². The highest BCUT2D eigenvalue weighted by Gasteiger charge is 2.27. The molecule has 1 fully saturated rings. The number of hydrogen-bond acceptors (Lipinski definition) is 4. The van der Waals surface area contributed by atoms with Crippen molar-refractivity contribution in [3.63, 3.8) is 0 Å². The predicted molar refractivity (Wildman–Crippen MR) is 117 cm³/mol. The van der Waals surface area contributed by atoms with Gasteiger partial charge >= 0.3 is 0 Å². The Hall–Kier alpha value is -2.38. The van der Waals surface area contributed by atoms with E-state index in [4.69, 9.17) is 0 Å². The minimum atomic E-state index is -3.58. The fourth-order valence-electron chi connectivity index (χ4n) is 3.61. The molecule has 0 saturated carbocycles. The number of carbonyl (C=O) groups excluding carboxylic acids is 1. The number of benzene rings is 2. The van der Waals surface area contributed by atoms with Crippen molar-refractivity contribution in [2.75, 3.05) is 37.4 Å². The molecule has 1 N–H and O–H groups in total. The second-order valence-corrected chi connectivity index (χ2v) is 9.68. The van der Waals surface area contributed by atoms with Crippen molar-refractivity contribution in [2.45, 2.75) is 38.0 Å². The molecular formula is C22H29N3O3S. The number of carbonyl (C=O) groups is 1. The highest BCUT2D eigenvalue weighted by molar-refractivity contribution is 7.89. The number of amides is 1. The van der Waals surface area contributed by atoms with Crippen molar-refractivity contribution < 1.29 is 13.2 Å². The van der Waals surface area contributed by atoms with Crippen LogP contribution in [-0.4, -0.2) is 45.8 Å². The zero-order chi connectivity index (χ0) is 21.2. The first-order chi connectivity index (χ1) is 13.7. The van der Waals surface area contributed by atoms with E-state index in [-0.39, 0.29) is 10.8 Å². The molecule has 2 aromatic carbocycles. The summed E-state index contributed by atoms with van der Waals surface area (Å²) < 4.78 is 27.7. The molecule has 1 saturated heterocycles. The van der Waals surface area contributed by atoms with Crippen LogP contribution >= 0.6 is 0 Å². The third-order valence-corrected chi connectivity index (χ3v) is 7.39. The fraction of sp³-hybridized carbons (Fsp3) is 0.409. The van der Waals surface area contributed by atoms with Gasteiger partial charge in [0.2, 0.25) is 10.0 Å². The van der Waals surface area contributed by atoms with Crippen LogP contribution in [0.1, 0.15) is 40.7 Å². The Morgan fingerprint density at radius 3 is 2.38 bits per heavy atom. The quantitative estimate of drug-likeness (QED) is 0.807. The van der Waals surface area contributed by atoms with Crippen molar-refractivity contribution in [3.8, 4) is 0 Å². The molecule has 0 aliphatic carbocycles. The van der Waals surface area contributed by atoms with Crippen LogP contribution in [0.4, 0.5) is 11.4 Å². The Kier molecular flexibility index (Phi) is 6.29. The molecule has 0 spiro atoms. The maximum Gasteiger partial charge on any atom is 0.255 e. The van der Waals surface area contributed by atoms with E-state index in [1.165, 1.54) is 4.31 Å². The van der Waals surface area contributed by atoms with Crippen LogP contribution in [0, 0.1) is 13.8 Å². The lowest BCUT2D eigenvalue weighted by Gasteiger charge is -2.26. The summed E-state index contributed by atoms with van der Waals surface area (Å²) in [6.45, 7) is 4.96. The SMILES string of the molecule is Cc1cccc(C(=O)Nc2cc(S(=O)(=O)N3CCCCC3)ccc2N(C)C)c1C. The highest BCUT2D eigenvalue weighted by atomic mass is 32.2. The van der Waals surface area contributed by atoms with E-state index in [0.29, 0.717) is 24.3 Å². The van der Waals surface area contributed by atoms with Crippen LogP contribution in [-0.2, 0) is 10.0 Å². The van der Waals surface area contributed by atoms with Crippen LogP contribution in [0.25, 0.3) is 0 Å². The van der Waals surface area contributed by atoms with Crippen molar-refractivity contribution in [1.82, 2.24) is 4.31 Å². The second-order valence-electron chi connectivity index (χ2n) is 7.74. The first-order valence-electron chi connectivity index (χ1n) is 9.91. The molecule has 156 valence electrons. The number of rotatable bonds is 5. The summed E-state index contributed by atoms with van der Waals surface area (Å²) in [6.07, 6.45) is 2.82. The number of sulfonamides is 1. The first-order valence-corrected chi connectivity index (χ1v) is 11.3.